The van der Waals surface area contributed by atoms with Gasteiger partial charge in [0, 0.05) is 18.7 Å². The topological polar surface area (TPSA) is 86.1 Å². The van der Waals surface area contributed by atoms with Gasteiger partial charge < -0.3 is 18.2 Å². The Kier molecular flexibility index (Phi) is 7.19. The third-order valence-electron chi connectivity index (χ3n) is 4.55. The number of benzene rings is 2. The predicted octanol–water partition coefficient (Wildman–Crippen LogP) is 4.49. The number of methoxy groups -OCH3 is 1. The van der Waals surface area contributed by atoms with Crippen molar-refractivity contribution in [2.24, 2.45) is 5.92 Å². The molecule has 0 bridgehead atoms. The number of carbonyl (C=O) groups is 1. The molecule has 0 radical (unpaired) electrons. The van der Waals surface area contributed by atoms with E-state index in [1.54, 1.807) is 35.2 Å². The maximum absolute atomic E-state index is 14.0. The smallest absolute Gasteiger partial charge is 0.339 e. The zero-order valence-corrected chi connectivity index (χ0v) is 18.8. The maximum atomic E-state index is 14.0. The molecule has 3 rings (SSSR count). The van der Waals surface area contributed by atoms with E-state index >= 15 is 0 Å². The highest BCUT2D eigenvalue weighted by molar-refractivity contribution is 7.87. The van der Waals surface area contributed by atoms with Crippen LogP contribution in [0.2, 0.25) is 0 Å². The Balaban J connectivity index is 1.88. The zero-order valence-electron chi connectivity index (χ0n) is 17.9. The first-order chi connectivity index (χ1) is 15.2. The minimum absolute atomic E-state index is 0.0460. The molecular formula is C23H24FNO6S. The fraction of sp³-hybridized carbons (Fsp3) is 0.261. The molecule has 0 unspecified atom stereocenters. The molecule has 0 aliphatic heterocycles. The van der Waals surface area contributed by atoms with Gasteiger partial charge in [-0.1, -0.05) is 32.0 Å². The minimum Gasteiger partial charge on any atom is -0.494 e. The van der Waals surface area contributed by atoms with Crippen LogP contribution in [0.1, 0.15) is 30.0 Å². The highest BCUT2D eigenvalue weighted by atomic mass is 32.2. The molecule has 0 aliphatic rings. The van der Waals surface area contributed by atoms with E-state index in [9.17, 15) is 17.6 Å². The molecule has 9 heteroatoms. The summed E-state index contributed by atoms with van der Waals surface area (Å²) < 4.78 is 54.9. The van der Waals surface area contributed by atoms with Gasteiger partial charge in [-0.3, -0.25) is 4.79 Å². The second kappa shape index (κ2) is 9.86. The van der Waals surface area contributed by atoms with Crippen LogP contribution in [0.5, 0.6) is 11.5 Å². The lowest BCUT2D eigenvalue weighted by atomic mass is 10.1. The number of hydrogen-bond donors (Lipinski definition) is 0. The second-order valence-corrected chi connectivity index (χ2v) is 9.04. The van der Waals surface area contributed by atoms with Gasteiger partial charge in [0.1, 0.15) is 10.6 Å². The molecule has 2 aromatic carbocycles. The van der Waals surface area contributed by atoms with Gasteiger partial charge in [0.15, 0.2) is 17.3 Å². The highest BCUT2D eigenvalue weighted by Gasteiger charge is 2.24. The van der Waals surface area contributed by atoms with E-state index in [1.807, 2.05) is 13.8 Å². The number of hydrogen-bond acceptors (Lipinski definition) is 6. The van der Waals surface area contributed by atoms with Crippen LogP contribution in [0.15, 0.2) is 70.2 Å². The first kappa shape index (κ1) is 23.3. The summed E-state index contributed by atoms with van der Waals surface area (Å²) in [5, 5.41) is 0. The normalized spacial score (nSPS) is 11.4. The van der Waals surface area contributed by atoms with Crippen LogP contribution in [-0.2, 0) is 16.7 Å². The third kappa shape index (κ3) is 5.47. The van der Waals surface area contributed by atoms with Crippen LogP contribution in [0.3, 0.4) is 0 Å². The number of halogens is 1. The summed E-state index contributed by atoms with van der Waals surface area (Å²) in [7, 11) is -3.04. The van der Waals surface area contributed by atoms with Gasteiger partial charge in [0.05, 0.1) is 13.4 Å². The lowest BCUT2D eigenvalue weighted by molar-refractivity contribution is 0.0689. The lowest BCUT2D eigenvalue weighted by Crippen LogP contribution is -2.33. The molecule has 0 saturated heterocycles. The number of amides is 1. The van der Waals surface area contributed by atoms with Gasteiger partial charge in [0.25, 0.3) is 5.91 Å². The lowest BCUT2D eigenvalue weighted by Gasteiger charge is -2.24. The average molecular weight is 462 g/mol. The molecule has 0 aliphatic carbocycles. The van der Waals surface area contributed by atoms with Crippen molar-refractivity contribution in [2.45, 2.75) is 25.3 Å². The van der Waals surface area contributed by atoms with Gasteiger partial charge in [0.2, 0.25) is 0 Å². The molecule has 0 atom stereocenters. The summed E-state index contributed by atoms with van der Waals surface area (Å²) in [6, 6.07) is 12.9. The minimum atomic E-state index is -4.32. The SMILES string of the molecule is COc1ccc(S(=O)(=O)Oc2ccccc2CN(CC(C)C)C(=O)c2ccco2)cc1F. The molecule has 7 nitrogen and oxygen atoms in total. The van der Waals surface area contributed by atoms with Crippen LogP contribution >= 0.6 is 0 Å². The van der Waals surface area contributed by atoms with E-state index in [2.05, 4.69) is 0 Å². The van der Waals surface area contributed by atoms with E-state index in [0.717, 1.165) is 6.07 Å². The predicted molar refractivity (Wildman–Crippen MR) is 115 cm³/mol. The first-order valence-corrected chi connectivity index (χ1v) is 11.3. The Morgan fingerprint density at radius 1 is 1.09 bits per heavy atom. The van der Waals surface area contributed by atoms with Crippen LogP contribution < -0.4 is 8.92 Å². The van der Waals surface area contributed by atoms with E-state index in [0.29, 0.717) is 12.1 Å². The molecule has 3 aromatic rings. The number of rotatable bonds is 9. The highest BCUT2D eigenvalue weighted by Crippen LogP contribution is 2.27. The number of carbonyl (C=O) groups excluding carboxylic acids is 1. The monoisotopic (exact) mass is 461 g/mol. The van der Waals surface area contributed by atoms with Crippen molar-refractivity contribution in [1.29, 1.82) is 0 Å². The van der Waals surface area contributed by atoms with E-state index < -0.39 is 15.9 Å². The Bertz CT molecular complexity index is 1170. The summed E-state index contributed by atoms with van der Waals surface area (Å²) in [6.45, 7) is 4.45. The molecule has 0 spiro atoms. The molecule has 170 valence electrons. The van der Waals surface area contributed by atoms with E-state index in [1.165, 1.54) is 31.6 Å². The van der Waals surface area contributed by atoms with Crippen molar-refractivity contribution < 1.29 is 30.9 Å². The van der Waals surface area contributed by atoms with Gasteiger partial charge in [-0.15, -0.1) is 0 Å². The summed E-state index contributed by atoms with van der Waals surface area (Å²) >= 11 is 0. The second-order valence-electron chi connectivity index (χ2n) is 7.50. The van der Waals surface area contributed by atoms with Crippen LogP contribution in [0.4, 0.5) is 4.39 Å². The summed E-state index contributed by atoms with van der Waals surface area (Å²) in [5.41, 5.74) is 0.477. The van der Waals surface area contributed by atoms with Gasteiger partial charge in [-0.25, -0.2) is 4.39 Å². The standard InChI is InChI=1S/C23H24FNO6S/c1-16(2)14-25(23(26)22-9-6-12-30-22)15-17-7-4-5-8-20(17)31-32(27,28)18-10-11-21(29-3)19(24)13-18/h4-13,16H,14-15H2,1-3H3. The molecule has 1 heterocycles. The molecule has 1 amide bonds. The van der Waals surface area contributed by atoms with Gasteiger partial charge >= 0.3 is 10.1 Å². The number of nitrogens with zero attached hydrogens (tertiary/aromatic N) is 1. The van der Waals surface area contributed by atoms with Gasteiger partial charge in [-0.2, -0.15) is 8.42 Å². The Morgan fingerprint density at radius 2 is 1.84 bits per heavy atom. The number of furan rings is 1. The van der Waals surface area contributed by atoms with Crippen molar-refractivity contribution >= 4 is 16.0 Å². The van der Waals surface area contributed by atoms with Crippen LogP contribution in [-0.4, -0.2) is 32.9 Å². The van der Waals surface area contributed by atoms with Crippen molar-refractivity contribution in [3.63, 3.8) is 0 Å². The third-order valence-corrected chi connectivity index (χ3v) is 5.78. The van der Waals surface area contributed by atoms with Crippen molar-refractivity contribution in [3.8, 4) is 11.5 Å². The zero-order chi connectivity index (χ0) is 23.3. The van der Waals surface area contributed by atoms with E-state index in [4.69, 9.17) is 13.3 Å². The summed E-state index contributed by atoms with van der Waals surface area (Å²) in [5.74, 6) is -0.829. The van der Waals surface area contributed by atoms with Crippen molar-refractivity contribution in [1.82, 2.24) is 4.90 Å². The molecule has 0 saturated carbocycles. The fourth-order valence-electron chi connectivity index (χ4n) is 3.11. The first-order valence-electron chi connectivity index (χ1n) is 9.90. The van der Waals surface area contributed by atoms with E-state index in [-0.39, 0.29) is 40.5 Å². The quantitative estimate of drug-likeness (QED) is 0.437. The largest absolute Gasteiger partial charge is 0.494 e. The maximum Gasteiger partial charge on any atom is 0.339 e. The Morgan fingerprint density at radius 3 is 2.47 bits per heavy atom. The van der Waals surface area contributed by atoms with Crippen LogP contribution in [0.25, 0.3) is 0 Å². The van der Waals surface area contributed by atoms with Crippen molar-refractivity contribution in [2.75, 3.05) is 13.7 Å². The van der Waals surface area contributed by atoms with Gasteiger partial charge in [-0.05, 0) is 42.3 Å². The molecule has 32 heavy (non-hydrogen) atoms. The Hall–Kier alpha value is -3.33. The number of para-hydroxylation sites is 1. The average Bonchev–Trinajstić information content (AvgIpc) is 3.28. The number of ether oxygens (including phenoxy) is 1. The van der Waals surface area contributed by atoms with Crippen molar-refractivity contribution in [3.05, 3.63) is 78.0 Å². The molecule has 0 fully saturated rings. The summed E-state index contributed by atoms with van der Waals surface area (Å²) in [4.78, 5) is 14.1. The molecular weight excluding hydrogens is 437 g/mol. The summed E-state index contributed by atoms with van der Waals surface area (Å²) in [6.07, 6.45) is 1.42. The molecule has 0 N–H and O–H groups in total. The Labute approximate surface area is 186 Å². The van der Waals surface area contributed by atoms with Crippen LogP contribution in [0, 0.1) is 11.7 Å². The fourth-order valence-corrected chi connectivity index (χ4v) is 4.08. The molecule has 1 aromatic heterocycles.